The first-order valence-electron chi connectivity index (χ1n) is 4.08. The Morgan fingerprint density at radius 1 is 1.53 bits per heavy atom. The maximum absolute atomic E-state index is 12.3. The number of halogens is 3. The molecule has 82 valence electrons. The number of aliphatic hydroxyl groups is 1. The van der Waals surface area contributed by atoms with E-state index in [1.54, 1.807) is 5.38 Å². The molecule has 0 radical (unpaired) electrons. The summed E-state index contributed by atoms with van der Waals surface area (Å²) in [5.74, 6) is 0. The summed E-state index contributed by atoms with van der Waals surface area (Å²) in [6.07, 6.45) is -5.69. The molecule has 2 heterocycles. The molecule has 0 aliphatic heterocycles. The SMILES string of the molecule is Cc1nc2sccn2c1[C@H](O)C(F)(F)F. The van der Waals surface area contributed by atoms with Crippen molar-refractivity contribution in [2.45, 2.75) is 19.2 Å². The molecule has 0 aliphatic carbocycles. The third kappa shape index (κ3) is 1.61. The van der Waals surface area contributed by atoms with E-state index in [9.17, 15) is 13.2 Å². The van der Waals surface area contributed by atoms with Gasteiger partial charge in [-0.05, 0) is 6.92 Å². The lowest BCUT2D eigenvalue weighted by molar-refractivity contribution is -0.208. The van der Waals surface area contributed by atoms with Gasteiger partial charge in [0.1, 0.15) is 0 Å². The highest BCUT2D eigenvalue weighted by Gasteiger charge is 2.42. The maximum Gasteiger partial charge on any atom is 0.420 e. The summed E-state index contributed by atoms with van der Waals surface area (Å²) in [6.45, 7) is 1.45. The van der Waals surface area contributed by atoms with Gasteiger partial charge in [0.25, 0.3) is 0 Å². The van der Waals surface area contributed by atoms with Gasteiger partial charge in [0.15, 0.2) is 11.1 Å². The molecule has 0 saturated heterocycles. The van der Waals surface area contributed by atoms with E-state index in [2.05, 4.69) is 4.98 Å². The lowest BCUT2D eigenvalue weighted by Gasteiger charge is -2.14. The Morgan fingerprint density at radius 3 is 2.80 bits per heavy atom. The first-order valence-corrected chi connectivity index (χ1v) is 4.96. The van der Waals surface area contributed by atoms with E-state index in [1.165, 1.54) is 28.9 Å². The zero-order valence-electron chi connectivity index (χ0n) is 7.62. The Morgan fingerprint density at radius 2 is 2.20 bits per heavy atom. The van der Waals surface area contributed by atoms with Crippen molar-refractivity contribution < 1.29 is 18.3 Å². The van der Waals surface area contributed by atoms with E-state index < -0.39 is 12.3 Å². The van der Waals surface area contributed by atoms with Crippen molar-refractivity contribution in [3.63, 3.8) is 0 Å². The highest BCUT2D eigenvalue weighted by Crippen LogP contribution is 2.34. The van der Waals surface area contributed by atoms with Crippen LogP contribution in [0.2, 0.25) is 0 Å². The first kappa shape index (κ1) is 10.4. The molecule has 0 bridgehead atoms. The quantitative estimate of drug-likeness (QED) is 0.824. The van der Waals surface area contributed by atoms with E-state index in [1.807, 2.05) is 0 Å². The van der Waals surface area contributed by atoms with Gasteiger partial charge in [0.05, 0.1) is 11.4 Å². The summed E-state index contributed by atoms with van der Waals surface area (Å²) >= 11 is 1.22. The predicted octanol–water partition coefficient (Wildman–Crippen LogP) is 2.30. The Kier molecular flexibility index (Phi) is 2.23. The van der Waals surface area contributed by atoms with Crippen LogP contribution < -0.4 is 0 Å². The molecule has 2 aromatic rings. The Balaban J connectivity index is 2.59. The van der Waals surface area contributed by atoms with Gasteiger partial charge in [-0.2, -0.15) is 13.2 Å². The van der Waals surface area contributed by atoms with Crippen LogP contribution >= 0.6 is 11.3 Å². The molecule has 7 heteroatoms. The lowest BCUT2D eigenvalue weighted by atomic mass is 10.2. The number of hydrogen-bond donors (Lipinski definition) is 1. The molecule has 0 aliphatic rings. The van der Waals surface area contributed by atoms with Crippen LogP contribution in [0, 0.1) is 6.92 Å². The zero-order chi connectivity index (χ0) is 11.2. The van der Waals surface area contributed by atoms with Crippen molar-refractivity contribution in [2.75, 3.05) is 0 Å². The van der Waals surface area contributed by atoms with E-state index in [4.69, 9.17) is 5.11 Å². The smallest absolute Gasteiger partial charge is 0.378 e. The second-order valence-corrected chi connectivity index (χ2v) is 3.96. The highest BCUT2D eigenvalue weighted by atomic mass is 32.1. The van der Waals surface area contributed by atoms with Gasteiger partial charge in [-0.3, -0.25) is 4.40 Å². The van der Waals surface area contributed by atoms with E-state index in [-0.39, 0.29) is 11.4 Å². The van der Waals surface area contributed by atoms with Crippen LogP contribution in [0.5, 0.6) is 0 Å². The second-order valence-electron chi connectivity index (χ2n) is 3.08. The molecule has 1 N–H and O–H groups in total. The van der Waals surface area contributed by atoms with Gasteiger partial charge >= 0.3 is 6.18 Å². The van der Waals surface area contributed by atoms with Gasteiger partial charge in [0.2, 0.25) is 0 Å². The van der Waals surface area contributed by atoms with Crippen LogP contribution in [-0.2, 0) is 0 Å². The van der Waals surface area contributed by atoms with Crippen molar-refractivity contribution in [1.29, 1.82) is 0 Å². The molecule has 1 atom stereocenters. The average molecular weight is 236 g/mol. The molecule has 0 saturated carbocycles. The van der Waals surface area contributed by atoms with Crippen molar-refractivity contribution in [2.24, 2.45) is 0 Å². The molecule has 0 unspecified atom stereocenters. The number of aryl methyl sites for hydroxylation is 1. The van der Waals surface area contributed by atoms with Crippen molar-refractivity contribution >= 4 is 16.3 Å². The summed E-state index contributed by atoms with van der Waals surface area (Å²) in [6, 6.07) is 0. The zero-order valence-corrected chi connectivity index (χ0v) is 8.43. The largest absolute Gasteiger partial charge is 0.420 e. The number of aromatic nitrogens is 2. The minimum atomic E-state index is -4.66. The normalized spacial score (nSPS) is 14.7. The van der Waals surface area contributed by atoms with E-state index in [0.717, 1.165) is 0 Å². The molecule has 0 spiro atoms. The summed E-state index contributed by atoms with van der Waals surface area (Å²) < 4.78 is 38.3. The van der Waals surface area contributed by atoms with Crippen LogP contribution in [0.25, 0.3) is 4.96 Å². The summed E-state index contributed by atoms with van der Waals surface area (Å²) in [5.41, 5.74) is -0.00887. The third-order valence-electron chi connectivity index (χ3n) is 2.05. The Labute approximate surface area is 86.8 Å². The van der Waals surface area contributed by atoms with Gasteiger partial charge in [-0.15, -0.1) is 11.3 Å². The number of imidazole rings is 1. The van der Waals surface area contributed by atoms with Crippen LogP contribution in [0.4, 0.5) is 13.2 Å². The molecule has 0 fully saturated rings. The van der Waals surface area contributed by atoms with E-state index in [0.29, 0.717) is 4.96 Å². The molecule has 2 rings (SSSR count). The van der Waals surface area contributed by atoms with Gasteiger partial charge in [0, 0.05) is 11.6 Å². The van der Waals surface area contributed by atoms with Gasteiger partial charge in [-0.25, -0.2) is 4.98 Å². The topological polar surface area (TPSA) is 37.5 Å². The molecule has 0 amide bonds. The number of aliphatic hydroxyl groups excluding tert-OH is 1. The van der Waals surface area contributed by atoms with E-state index >= 15 is 0 Å². The fourth-order valence-corrected chi connectivity index (χ4v) is 2.16. The number of alkyl halides is 3. The summed E-state index contributed by atoms with van der Waals surface area (Å²) in [4.78, 5) is 4.38. The lowest BCUT2D eigenvalue weighted by Crippen LogP contribution is -2.22. The molecular formula is C8H7F3N2OS. The van der Waals surface area contributed by atoms with Crippen molar-refractivity contribution in [3.05, 3.63) is 23.0 Å². The molecular weight excluding hydrogens is 229 g/mol. The first-order chi connectivity index (χ1) is 6.91. The Hall–Kier alpha value is -1.08. The summed E-state index contributed by atoms with van der Waals surface area (Å²) in [5, 5.41) is 10.8. The fraction of sp³-hybridized carbons (Fsp3) is 0.375. The van der Waals surface area contributed by atoms with Crippen LogP contribution in [0.1, 0.15) is 17.5 Å². The van der Waals surface area contributed by atoms with Crippen LogP contribution in [0.15, 0.2) is 11.6 Å². The van der Waals surface area contributed by atoms with Crippen molar-refractivity contribution in [1.82, 2.24) is 9.38 Å². The minimum absolute atomic E-state index is 0.201. The molecule has 15 heavy (non-hydrogen) atoms. The number of thiazole rings is 1. The molecule has 3 nitrogen and oxygen atoms in total. The van der Waals surface area contributed by atoms with Crippen LogP contribution in [-0.4, -0.2) is 20.7 Å². The van der Waals surface area contributed by atoms with Gasteiger partial charge in [-0.1, -0.05) is 0 Å². The monoisotopic (exact) mass is 236 g/mol. The third-order valence-corrected chi connectivity index (χ3v) is 2.81. The number of nitrogens with zero attached hydrogens (tertiary/aromatic N) is 2. The average Bonchev–Trinajstić information content (AvgIpc) is 2.60. The van der Waals surface area contributed by atoms with Crippen molar-refractivity contribution in [3.8, 4) is 0 Å². The van der Waals surface area contributed by atoms with Crippen LogP contribution in [0.3, 0.4) is 0 Å². The second kappa shape index (κ2) is 3.21. The number of rotatable bonds is 1. The fourth-order valence-electron chi connectivity index (χ4n) is 1.40. The molecule has 0 aromatic carbocycles. The maximum atomic E-state index is 12.3. The standard InChI is InChI=1S/C8H7F3N2OS/c1-4-5(6(14)8(9,10)11)13-2-3-15-7(13)12-4/h2-3,6,14H,1H3/t6-/m0/s1. The highest BCUT2D eigenvalue weighted by molar-refractivity contribution is 7.15. The number of fused-ring (bicyclic) bond motifs is 1. The minimum Gasteiger partial charge on any atom is -0.378 e. The molecule has 2 aromatic heterocycles. The Bertz CT molecular complexity index is 487. The van der Waals surface area contributed by atoms with Gasteiger partial charge < -0.3 is 5.11 Å². The number of hydrogen-bond acceptors (Lipinski definition) is 3. The summed E-state index contributed by atoms with van der Waals surface area (Å²) in [7, 11) is 0. The predicted molar refractivity (Wildman–Crippen MR) is 48.8 cm³/mol.